The summed E-state index contributed by atoms with van der Waals surface area (Å²) in [5, 5.41) is 19.9. The van der Waals surface area contributed by atoms with Crippen LogP contribution in [0.25, 0.3) is 0 Å². The number of carbonyl (C=O) groups excluding carboxylic acids is 1. The highest BCUT2D eigenvalue weighted by molar-refractivity contribution is 6.73. The Morgan fingerprint density at radius 1 is 1.12 bits per heavy atom. The second kappa shape index (κ2) is 14.7. The molecule has 1 unspecified atom stereocenters. The molecular weight excluding hydrogens is 657 g/mol. The number of aliphatic imine (C=N–C) groups is 1. The molecule has 3 aliphatic heterocycles. The number of fused-ring (bicyclic) bond motifs is 3. The van der Waals surface area contributed by atoms with Gasteiger partial charge in [-0.05, 0) is 91.2 Å². The van der Waals surface area contributed by atoms with Crippen LogP contribution in [0.3, 0.4) is 0 Å². The number of aliphatic carboxylic acids is 1. The number of carboxylic acids is 1. The number of aliphatic hydroxyl groups is 1. The molecule has 0 spiro atoms. The van der Waals surface area contributed by atoms with E-state index >= 15 is 0 Å². The number of ether oxygens (including phenoxy) is 4. The van der Waals surface area contributed by atoms with Crippen LogP contribution >= 0.6 is 0 Å². The molecule has 2 N–H and O–H groups in total. The van der Waals surface area contributed by atoms with Crippen molar-refractivity contribution in [2.45, 2.75) is 77.1 Å². The first-order valence-corrected chi connectivity index (χ1v) is 19.7. The molecule has 3 heterocycles. The first kappa shape index (κ1) is 35.2. The molecule has 11 nitrogen and oxygen atoms in total. The summed E-state index contributed by atoms with van der Waals surface area (Å²) in [5.74, 6) is 1.05. The van der Waals surface area contributed by atoms with E-state index in [-0.39, 0.29) is 42.9 Å². The number of nitrogens with zero attached hydrogens (tertiary/aromatic N) is 2. The minimum Gasteiger partial charge on any atom is -0.493 e. The topological polar surface area (TPSA) is 136 Å². The monoisotopic (exact) mass is 700 g/mol. The molecule has 6 rings (SSSR count). The van der Waals surface area contributed by atoms with E-state index in [1.807, 2.05) is 31.2 Å². The molecular formula is C38H44N2O9Si. The molecule has 12 heteroatoms. The molecule has 264 valence electrons. The third kappa shape index (κ3) is 6.87. The van der Waals surface area contributed by atoms with Crippen molar-refractivity contribution in [1.29, 1.82) is 0 Å². The van der Waals surface area contributed by atoms with E-state index in [2.05, 4.69) is 25.8 Å². The maximum absolute atomic E-state index is 13.2. The molecule has 0 aromatic heterocycles. The van der Waals surface area contributed by atoms with Crippen LogP contribution in [-0.4, -0.2) is 73.0 Å². The summed E-state index contributed by atoms with van der Waals surface area (Å²) in [6.45, 7) is 8.86. The minimum absolute atomic E-state index is 0.0385. The van der Waals surface area contributed by atoms with Crippen molar-refractivity contribution in [2.75, 3.05) is 13.7 Å². The lowest BCUT2D eigenvalue weighted by Crippen LogP contribution is -2.63. The molecule has 1 amide bonds. The second-order valence-corrected chi connectivity index (χ2v) is 17.6. The number of carbonyl (C=O) groups is 2. The lowest BCUT2D eigenvalue weighted by atomic mass is 9.83. The summed E-state index contributed by atoms with van der Waals surface area (Å²) in [6, 6.07) is 13.7. The van der Waals surface area contributed by atoms with E-state index in [0.717, 1.165) is 23.7 Å². The molecule has 1 aliphatic carbocycles. The summed E-state index contributed by atoms with van der Waals surface area (Å²) in [4.78, 5) is 31.5. The number of methoxy groups -OCH3 is 1. The second-order valence-electron chi connectivity index (χ2n) is 12.8. The summed E-state index contributed by atoms with van der Waals surface area (Å²) < 4.78 is 30.1. The maximum atomic E-state index is 13.2. The highest BCUT2D eigenvalue weighted by atomic mass is 28.4. The average Bonchev–Trinajstić information content (AvgIpc) is 3.45. The van der Waals surface area contributed by atoms with Crippen LogP contribution in [0.5, 0.6) is 23.0 Å². The van der Waals surface area contributed by atoms with E-state index in [1.165, 1.54) is 4.90 Å². The Morgan fingerprint density at radius 3 is 2.62 bits per heavy atom. The van der Waals surface area contributed by atoms with E-state index in [9.17, 15) is 19.8 Å². The number of rotatable bonds is 15. The Bertz CT molecular complexity index is 1800. The van der Waals surface area contributed by atoms with Crippen LogP contribution < -0.4 is 18.9 Å². The number of aliphatic hydroxyl groups excluding tert-OH is 1. The van der Waals surface area contributed by atoms with Gasteiger partial charge in [0.25, 0.3) is 0 Å². The fourth-order valence-corrected chi connectivity index (χ4v) is 10.0. The third-order valence-corrected chi connectivity index (χ3v) is 14.8. The summed E-state index contributed by atoms with van der Waals surface area (Å²) >= 11 is 0. The van der Waals surface area contributed by atoms with Crippen molar-refractivity contribution >= 4 is 31.6 Å². The summed E-state index contributed by atoms with van der Waals surface area (Å²) in [5.41, 5.74) is 2.83. The quantitative estimate of drug-likeness (QED) is 0.158. The van der Waals surface area contributed by atoms with Crippen molar-refractivity contribution in [2.24, 2.45) is 10.9 Å². The highest BCUT2D eigenvalue weighted by Gasteiger charge is 2.57. The summed E-state index contributed by atoms with van der Waals surface area (Å²) in [7, 11) is -0.365. The number of β-lactam (4-membered cyclic amide) rings is 1. The zero-order valence-corrected chi connectivity index (χ0v) is 30.0. The van der Waals surface area contributed by atoms with Gasteiger partial charge in [0.15, 0.2) is 31.3 Å². The van der Waals surface area contributed by atoms with Gasteiger partial charge in [-0.2, -0.15) is 0 Å². The minimum atomic E-state index is -1.92. The largest absolute Gasteiger partial charge is 0.493 e. The molecule has 1 saturated heterocycles. The van der Waals surface area contributed by atoms with Crippen LogP contribution in [0.4, 0.5) is 5.69 Å². The molecule has 0 radical (unpaired) electrons. The lowest BCUT2D eigenvalue weighted by Gasteiger charge is -2.47. The lowest BCUT2D eigenvalue weighted by molar-refractivity contribution is -0.160. The Hall–Kier alpha value is -4.65. The third-order valence-electron chi connectivity index (χ3n) is 10.0. The SMILES string of the molecule is CC[Si](CC)(CC)O[C@H](C)[C@H]1C(=O)N2C(C(=O)O)=C(/C=C/COc3ccc(COc4ccc5c(c4)OC4=CC(O)C=CC4=N5)cc3OC)C[C@H]12. The van der Waals surface area contributed by atoms with Crippen LogP contribution in [0.15, 0.2) is 88.8 Å². The molecule has 4 atom stereocenters. The van der Waals surface area contributed by atoms with E-state index in [1.54, 1.807) is 49.6 Å². The maximum Gasteiger partial charge on any atom is 0.352 e. The van der Waals surface area contributed by atoms with Crippen molar-refractivity contribution in [3.05, 3.63) is 89.4 Å². The van der Waals surface area contributed by atoms with Gasteiger partial charge in [-0.1, -0.05) is 32.9 Å². The van der Waals surface area contributed by atoms with Crippen molar-refractivity contribution < 1.29 is 43.2 Å². The standard InChI is InChI=1S/C38H44N2O9Si/c1-6-50(7-2,8-3)49-23(4)35-30-19-25(36(38(43)44)40(30)37(35)42)10-9-17-46-31-16-11-24(18-34(31)45-5)22-47-27-13-15-29-33(21-27)48-32-20-26(41)12-14-28(32)39-29/h9-16,18,20-21,23,26,30,35,41H,6-8,17,19,22H2,1-5H3,(H,43,44)/b10-9+/t23-,26?,30-,35-/m1/s1. The first-order valence-electron chi connectivity index (χ1n) is 17.2. The Labute approximate surface area is 293 Å². The van der Waals surface area contributed by atoms with Gasteiger partial charge in [-0.25, -0.2) is 9.79 Å². The normalized spacial score (nSPS) is 21.4. The van der Waals surface area contributed by atoms with Gasteiger partial charge in [-0.3, -0.25) is 4.79 Å². The van der Waals surface area contributed by atoms with E-state index in [0.29, 0.717) is 52.2 Å². The zero-order chi connectivity index (χ0) is 35.6. The number of allylic oxidation sites excluding steroid dienone is 2. The molecule has 1 fully saturated rings. The number of hydrogen-bond acceptors (Lipinski definition) is 9. The number of amides is 1. The van der Waals surface area contributed by atoms with Gasteiger partial charge in [0.1, 0.15) is 36.1 Å². The summed E-state index contributed by atoms with van der Waals surface area (Å²) in [6.07, 6.45) is 7.99. The number of benzene rings is 2. The van der Waals surface area contributed by atoms with Crippen LogP contribution in [0, 0.1) is 5.92 Å². The van der Waals surface area contributed by atoms with Gasteiger partial charge in [0, 0.05) is 6.07 Å². The molecule has 0 saturated carbocycles. The predicted octanol–water partition coefficient (Wildman–Crippen LogP) is 6.47. The van der Waals surface area contributed by atoms with Crippen molar-refractivity contribution in [3.8, 4) is 23.0 Å². The van der Waals surface area contributed by atoms with E-state index in [4.69, 9.17) is 23.4 Å². The first-order chi connectivity index (χ1) is 24.1. The molecule has 4 aliphatic rings. The Kier molecular flexibility index (Phi) is 10.3. The van der Waals surface area contributed by atoms with Gasteiger partial charge in [-0.15, -0.1) is 0 Å². The smallest absolute Gasteiger partial charge is 0.352 e. The van der Waals surface area contributed by atoms with Gasteiger partial charge < -0.3 is 38.5 Å². The Balaban J connectivity index is 1.05. The van der Waals surface area contributed by atoms with Crippen LogP contribution in [-0.2, 0) is 20.6 Å². The van der Waals surface area contributed by atoms with Crippen LogP contribution in [0.2, 0.25) is 18.1 Å². The molecule has 0 bridgehead atoms. The molecule has 50 heavy (non-hydrogen) atoms. The number of carboxylic acid groups (broad SMARTS) is 1. The van der Waals surface area contributed by atoms with Gasteiger partial charge in [0.05, 0.1) is 31.3 Å². The fraction of sp³-hybridized carbons (Fsp3) is 0.395. The number of hydrogen-bond donors (Lipinski definition) is 2. The average molecular weight is 701 g/mol. The fourth-order valence-electron chi connectivity index (χ4n) is 7.08. The van der Waals surface area contributed by atoms with Gasteiger partial charge in [0.2, 0.25) is 5.91 Å². The predicted molar refractivity (Wildman–Crippen MR) is 191 cm³/mol. The van der Waals surface area contributed by atoms with Gasteiger partial charge >= 0.3 is 5.97 Å². The Morgan fingerprint density at radius 2 is 1.90 bits per heavy atom. The van der Waals surface area contributed by atoms with Crippen LogP contribution in [0.1, 0.15) is 39.7 Å². The highest BCUT2D eigenvalue weighted by Crippen LogP contribution is 2.45. The molecule has 2 aromatic rings. The molecule has 2 aromatic carbocycles. The van der Waals surface area contributed by atoms with Crippen molar-refractivity contribution in [3.63, 3.8) is 0 Å². The van der Waals surface area contributed by atoms with Crippen molar-refractivity contribution in [1.82, 2.24) is 4.90 Å². The zero-order valence-electron chi connectivity index (χ0n) is 29.0. The van der Waals surface area contributed by atoms with E-state index < -0.39 is 20.4 Å².